The third-order valence-corrected chi connectivity index (χ3v) is 3.88. The number of rotatable bonds is 6. The number of nitrogens with two attached hydrogens (primary N) is 2. The zero-order valence-electron chi connectivity index (χ0n) is 13.2. The number of hydrogen-bond donors (Lipinski definition) is 3. The molecular weight excluding hydrogens is 270 g/mol. The van der Waals surface area contributed by atoms with Gasteiger partial charge in [-0.2, -0.15) is 0 Å². The number of nitrogens with one attached hydrogen (secondary N) is 1. The summed E-state index contributed by atoms with van der Waals surface area (Å²) in [5, 5.41) is 2.50. The first-order valence-electron chi connectivity index (χ1n) is 7.73. The maximum atomic E-state index is 12.3. The van der Waals surface area contributed by atoms with Gasteiger partial charge in [-0.3, -0.25) is 9.69 Å². The molecule has 7 nitrogen and oxygen atoms in total. The molecule has 0 aromatic carbocycles. The van der Waals surface area contributed by atoms with E-state index in [0.29, 0.717) is 25.4 Å². The molecule has 1 aliphatic rings. The summed E-state index contributed by atoms with van der Waals surface area (Å²) < 4.78 is 0. The second kappa shape index (κ2) is 8.84. The molecule has 0 aromatic heterocycles. The Balaban J connectivity index is 2.34. The van der Waals surface area contributed by atoms with Crippen LogP contribution in [-0.2, 0) is 4.79 Å². The Morgan fingerprint density at radius 3 is 2.52 bits per heavy atom. The van der Waals surface area contributed by atoms with E-state index in [-0.39, 0.29) is 5.91 Å². The van der Waals surface area contributed by atoms with E-state index in [9.17, 15) is 9.59 Å². The van der Waals surface area contributed by atoms with Crippen LogP contribution in [0.5, 0.6) is 0 Å². The van der Waals surface area contributed by atoms with E-state index in [1.165, 1.54) is 0 Å². The molecule has 1 rings (SSSR count). The Bertz CT molecular complexity index is 348. The summed E-state index contributed by atoms with van der Waals surface area (Å²) in [5.41, 5.74) is 10.9. The Labute approximate surface area is 127 Å². The lowest BCUT2D eigenvalue weighted by atomic mass is 10.1. The van der Waals surface area contributed by atoms with Gasteiger partial charge in [0.15, 0.2) is 0 Å². The van der Waals surface area contributed by atoms with Crippen LogP contribution in [0.4, 0.5) is 4.79 Å². The van der Waals surface area contributed by atoms with E-state index >= 15 is 0 Å². The smallest absolute Gasteiger partial charge is 0.312 e. The molecule has 0 aliphatic carbocycles. The van der Waals surface area contributed by atoms with E-state index < -0.39 is 12.1 Å². The van der Waals surface area contributed by atoms with E-state index in [2.05, 4.69) is 24.1 Å². The summed E-state index contributed by atoms with van der Waals surface area (Å²) in [5.74, 6) is 0.0136. The molecule has 1 aliphatic heterocycles. The lowest BCUT2D eigenvalue weighted by molar-refractivity contribution is -0.132. The molecule has 21 heavy (non-hydrogen) atoms. The van der Waals surface area contributed by atoms with Gasteiger partial charge in [0.25, 0.3) is 0 Å². The van der Waals surface area contributed by atoms with Gasteiger partial charge in [0.2, 0.25) is 5.91 Å². The standard InChI is InChI=1S/C14H29N5O2/c1-11(2)18-7-4-8-19(10-9-18)13(20)12(15)5-3-6-17-14(16)21/h11-12H,3-10,15H2,1-2H3,(H3,16,17,21)/t12-/m0/s1. The van der Waals surface area contributed by atoms with Gasteiger partial charge in [0.05, 0.1) is 6.04 Å². The number of nitrogens with zero attached hydrogens (tertiary/aromatic N) is 2. The first kappa shape index (κ1) is 17.7. The highest BCUT2D eigenvalue weighted by Crippen LogP contribution is 2.09. The first-order valence-corrected chi connectivity index (χ1v) is 7.73. The Morgan fingerprint density at radius 1 is 1.19 bits per heavy atom. The highest BCUT2D eigenvalue weighted by atomic mass is 16.2. The van der Waals surface area contributed by atoms with Crippen molar-refractivity contribution in [1.82, 2.24) is 15.1 Å². The van der Waals surface area contributed by atoms with Gasteiger partial charge in [0.1, 0.15) is 0 Å². The molecule has 0 spiro atoms. The Morgan fingerprint density at radius 2 is 1.90 bits per heavy atom. The number of amides is 3. The van der Waals surface area contributed by atoms with Crippen LogP contribution in [0.15, 0.2) is 0 Å². The number of primary amides is 1. The maximum absolute atomic E-state index is 12.3. The van der Waals surface area contributed by atoms with Crippen molar-refractivity contribution in [3.8, 4) is 0 Å². The fourth-order valence-electron chi connectivity index (χ4n) is 2.57. The molecular formula is C14H29N5O2. The van der Waals surface area contributed by atoms with Crippen LogP contribution < -0.4 is 16.8 Å². The van der Waals surface area contributed by atoms with Crippen molar-refractivity contribution in [2.75, 3.05) is 32.7 Å². The van der Waals surface area contributed by atoms with Gasteiger partial charge in [-0.15, -0.1) is 0 Å². The summed E-state index contributed by atoms with van der Waals surface area (Å²) >= 11 is 0. The molecule has 1 heterocycles. The molecule has 0 radical (unpaired) electrons. The summed E-state index contributed by atoms with van der Waals surface area (Å²) in [6.07, 6.45) is 2.20. The summed E-state index contributed by atoms with van der Waals surface area (Å²) in [4.78, 5) is 27.1. The molecule has 0 saturated carbocycles. The SMILES string of the molecule is CC(C)N1CCCN(C(=O)[C@@H](N)CCCNC(N)=O)CC1. The molecule has 122 valence electrons. The number of urea groups is 1. The molecule has 0 unspecified atom stereocenters. The molecule has 5 N–H and O–H groups in total. The predicted molar refractivity (Wildman–Crippen MR) is 82.7 cm³/mol. The molecule has 3 amide bonds. The summed E-state index contributed by atoms with van der Waals surface area (Å²) in [7, 11) is 0. The Kier molecular flexibility index (Phi) is 7.45. The molecule has 0 aromatic rings. The van der Waals surface area contributed by atoms with Gasteiger partial charge in [-0.1, -0.05) is 0 Å². The topological polar surface area (TPSA) is 105 Å². The normalized spacial score (nSPS) is 18.4. The molecule has 1 fully saturated rings. The van der Waals surface area contributed by atoms with Crippen molar-refractivity contribution < 1.29 is 9.59 Å². The van der Waals surface area contributed by atoms with E-state index in [1.807, 2.05) is 4.90 Å². The van der Waals surface area contributed by atoms with Crippen molar-refractivity contribution in [2.24, 2.45) is 11.5 Å². The van der Waals surface area contributed by atoms with Gasteiger partial charge in [-0.25, -0.2) is 4.79 Å². The maximum Gasteiger partial charge on any atom is 0.312 e. The van der Waals surface area contributed by atoms with Crippen molar-refractivity contribution in [3.05, 3.63) is 0 Å². The largest absolute Gasteiger partial charge is 0.352 e. The van der Waals surface area contributed by atoms with Crippen molar-refractivity contribution >= 4 is 11.9 Å². The van der Waals surface area contributed by atoms with Crippen LogP contribution in [0.2, 0.25) is 0 Å². The fraction of sp³-hybridized carbons (Fsp3) is 0.857. The lowest BCUT2D eigenvalue weighted by Crippen LogP contribution is -2.46. The van der Waals surface area contributed by atoms with Crippen LogP contribution in [0.25, 0.3) is 0 Å². The van der Waals surface area contributed by atoms with Gasteiger partial charge in [-0.05, 0) is 33.1 Å². The lowest BCUT2D eigenvalue weighted by Gasteiger charge is -2.26. The highest BCUT2D eigenvalue weighted by molar-refractivity contribution is 5.81. The second-order valence-corrected chi connectivity index (χ2v) is 5.85. The van der Waals surface area contributed by atoms with Crippen molar-refractivity contribution in [2.45, 2.75) is 45.2 Å². The number of hydrogen-bond acceptors (Lipinski definition) is 4. The van der Waals surface area contributed by atoms with Crippen LogP contribution in [0.1, 0.15) is 33.1 Å². The number of carbonyl (C=O) groups is 2. The zero-order chi connectivity index (χ0) is 15.8. The van der Waals surface area contributed by atoms with Crippen LogP contribution in [-0.4, -0.2) is 66.5 Å². The molecule has 1 saturated heterocycles. The minimum Gasteiger partial charge on any atom is -0.352 e. The van der Waals surface area contributed by atoms with Gasteiger partial charge < -0.3 is 21.7 Å². The third-order valence-electron chi connectivity index (χ3n) is 3.88. The second-order valence-electron chi connectivity index (χ2n) is 5.85. The minimum absolute atomic E-state index is 0.0136. The van der Waals surface area contributed by atoms with Crippen molar-refractivity contribution in [1.29, 1.82) is 0 Å². The van der Waals surface area contributed by atoms with E-state index in [4.69, 9.17) is 11.5 Å². The van der Waals surface area contributed by atoms with E-state index in [1.54, 1.807) is 0 Å². The zero-order valence-corrected chi connectivity index (χ0v) is 13.2. The fourth-order valence-corrected chi connectivity index (χ4v) is 2.57. The van der Waals surface area contributed by atoms with Crippen molar-refractivity contribution in [3.63, 3.8) is 0 Å². The monoisotopic (exact) mass is 299 g/mol. The molecule has 1 atom stereocenters. The van der Waals surface area contributed by atoms with E-state index in [0.717, 1.165) is 32.6 Å². The quantitative estimate of drug-likeness (QED) is 0.586. The van der Waals surface area contributed by atoms with Gasteiger partial charge in [0, 0.05) is 38.8 Å². The summed E-state index contributed by atoms with van der Waals surface area (Å²) in [6, 6.07) is -0.532. The number of carbonyl (C=O) groups excluding carboxylic acids is 2. The molecule has 7 heteroatoms. The first-order chi connectivity index (χ1) is 9.91. The average Bonchev–Trinajstić information content (AvgIpc) is 2.68. The van der Waals surface area contributed by atoms with Crippen LogP contribution in [0.3, 0.4) is 0 Å². The van der Waals surface area contributed by atoms with Crippen LogP contribution >= 0.6 is 0 Å². The van der Waals surface area contributed by atoms with Gasteiger partial charge >= 0.3 is 6.03 Å². The third kappa shape index (κ3) is 6.31. The predicted octanol–water partition coefficient (Wildman–Crippen LogP) is -0.295. The summed E-state index contributed by atoms with van der Waals surface area (Å²) in [6.45, 7) is 8.25. The Hall–Kier alpha value is -1.34. The average molecular weight is 299 g/mol. The minimum atomic E-state index is -0.545. The van der Waals surface area contributed by atoms with Crippen LogP contribution in [0, 0.1) is 0 Å². The molecule has 0 bridgehead atoms. The highest BCUT2D eigenvalue weighted by Gasteiger charge is 2.24.